The number of rotatable bonds is 4. The largest absolute Gasteiger partial charge is 0.369 e. The van der Waals surface area contributed by atoms with E-state index in [4.69, 9.17) is 0 Å². The highest BCUT2D eigenvalue weighted by Gasteiger charge is 1.95. The fourth-order valence-electron chi connectivity index (χ4n) is 0.715. The smallest absolute Gasteiger partial charge is 0.310 e. The van der Waals surface area contributed by atoms with Crippen LogP contribution in [0.4, 0.5) is 10.2 Å². The predicted octanol–water partition coefficient (Wildman–Crippen LogP) is 1.39. The summed E-state index contributed by atoms with van der Waals surface area (Å²) in [6, 6.07) is 1.64. The minimum Gasteiger partial charge on any atom is -0.369 e. The summed E-state index contributed by atoms with van der Waals surface area (Å²) < 4.78 is 12.4. The Hall–Kier alpha value is -0.840. The van der Waals surface area contributed by atoms with Crippen LogP contribution in [0.15, 0.2) is 12.3 Å². The van der Waals surface area contributed by atoms with Crippen molar-refractivity contribution < 1.29 is 4.39 Å². The third-order valence-corrected chi connectivity index (χ3v) is 1.85. The molecule has 1 aromatic rings. The molecule has 0 amide bonds. The van der Waals surface area contributed by atoms with Crippen molar-refractivity contribution in [3.05, 3.63) is 18.3 Å². The van der Waals surface area contributed by atoms with E-state index < -0.39 is 6.08 Å². The average molecular weight is 187 g/mol. The van der Waals surface area contributed by atoms with Gasteiger partial charge in [-0.05, 0) is 12.3 Å². The van der Waals surface area contributed by atoms with Crippen LogP contribution in [-0.4, -0.2) is 28.5 Å². The van der Waals surface area contributed by atoms with Crippen molar-refractivity contribution >= 4 is 17.6 Å². The third-order valence-electron chi connectivity index (χ3n) is 1.24. The van der Waals surface area contributed by atoms with Gasteiger partial charge in [-0.1, -0.05) is 0 Å². The molecule has 3 nitrogen and oxygen atoms in total. The van der Waals surface area contributed by atoms with E-state index in [2.05, 4.69) is 15.3 Å². The summed E-state index contributed by atoms with van der Waals surface area (Å²) in [5.74, 6) is 1.52. The first-order chi connectivity index (χ1) is 5.83. The van der Waals surface area contributed by atoms with Gasteiger partial charge in [0.1, 0.15) is 5.82 Å². The van der Waals surface area contributed by atoms with Crippen molar-refractivity contribution in [3.63, 3.8) is 0 Å². The topological polar surface area (TPSA) is 37.8 Å². The molecule has 0 unspecified atom stereocenters. The zero-order chi connectivity index (χ0) is 8.81. The summed E-state index contributed by atoms with van der Waals surface area (Å²) in [5, 5.41) is 2.97. The van der Waals surface area contributed by atoms with E-state index in [1.54, 1.807) is 17.8 Å². The number of aromatic nitrogens is 2. The van der Waals surface area contributed by atoms with E-state index in [9.17, 15) is 4.39 Å². The molecule has 1 heterocycles. The molecule has 0 aromatic carbocycles. The summed E-state index contributed by atoms with van der Waals surface area (Å²) in [4.78, 5) is 6.89. The van der Waals surface area contributed by atoms with Gasteiger partial charge in [0.2, 0.25) is 0 Å². The van der Waals surface area contributed by atoms with Gasteiger partial charge in [-0.15, -0.1) is 0 Å². The second-order valence-corrected chi connectivity index (χ2v) is 3.12. The van der Waals surface area contributed by atoms with Crippen molar-refractivity contribution in [2.45, 2.75) is 0 Å². The quantitative estimate of drug-likeness (QED) is 0.571. The zero-order valence-corrected chi connectivity index (χ0v) is 7.57. The SMILES string of the molecule is CSCCNc1ccnc(F)n1. The molecule has 0 saturated heterocycles. The van der Waals surface area contributed by atoms with Gasteiger partial charge in [-0.3, -0.25) is 0 Å². The molecule has 0 aliphatic carbocycles. The second-order valence-electron chi connectivity index (χ2n) is 2.13. The Morgan fingerprint density at radius 3 is 3.17 bits per heavy atom. The van der Waals surface area contributed by atoms with Crippen LogP contribution < -0.4 is 5.32 Å². The number of nitrogens with one attached hydrogen (secondary N) is 1. The molecule has 12 heavy (non-hydrogen) atoms. The fraction of sp³-hybridized carbons (Fsp3) is 0.429. The van der Waals surface area contributed by atoms with E-state index >= 15 is 0 Å². The van der Waals surface area contributed by atoms with Crippen LogP contribution >= 0.6 is 11.8 Å². The molecule has 66 valence electrons. The standard InChI is InChI=1S/C7H10FN3S/c1-12-5-4-9-6-2-3-10-7(8)11-6/h2-3H,4-5H2,1H3,(H,9,10,11). The molecule has 1 aromatic heterocycles. The Morgan fingerprint density at radius 1 is 1.67 bits per heavy atom. The van der Waals surface area contributed by atoms with Gasteiger partial charge >= 0.3 is 6.08 Å². The van der Waals surface area contributed by atoms with Gasteiger partial charge in [0.15, 0.2) is 0 Å². The third kappa shape index (κ3) is 3.04. The first-order valence-corrected chi connectivity index (χ1v) is 4.93. The summed E-state index contributed by atoms with van der Waals surface area (Å²) in [6.45, 7) is 0.789. The van der Waals surface area contributed by atoms with Crippen molar-refractivity contribution in [2.75, 3.05) is 23.9 Å². The van der Waals surface area contributed by atoms with Gasteiger partial charge in [0.05, 0.1) is 0 Å². The maximum atomic E-state index is 12.4. The van der Waals surface area contributed by atoms with Gasteiger partial charge in [-0.2, -0.15) is 21.1 Å². The lowest BCUT2D eigenvalue weighted by molar-refractivity contribution is 0.540. The normalized spacial score (nSPS) is 9.83. The highest BCUT2D eigenvalue weighted by atomic mass is 32.2. The lowest BCUT2D eigenvalue weighted by Gasteiger charge is -2.02. The van der Waals surface area contributed by atoms with Gasteiger partial charge in [0.25, 0.3) is 0 Å². The van der Waals surface area contributed by atoms with E-state index in [0.29, 0.717) is 5.82 Å². The Balaban J connectivity index is 2.41. The predicted molar refractivity (Wildman–Crippen MR) is 48.9 cm³/mol. The Kier molecular flexibility index (Phi) is 3.79. The molecule has 0 bridgehead atoms. The minimum absolute atomic E-state index is 0.538. The first-order valence-electron chi connectivity index (χ1n) is 3.54. The number of halogens is 1. The molecule has 0 atom stereocenters. The van der Waals surface area contributed by atoms with Crippen LogP contribution in [0.2, 0.25) is 0 Å². The summed E-state index contributed by atoms with van der Waals surface area (Å²) in [6.07, 6.45) is 2.72. The lowest BCUT2D eigenvalue weighted by atomic mass is 10.5. The minimum atomic E-state index is -0.691. The lowest BCUT2D eigenvalue weighted by Crippen LogP contribution is -2.06. The maximum absolute atomic E-state index is 12.4. The van der Waals surface area contributed by atoms with Crippen LogP contribution in [-0.2, 0) is 0 Å². The molecule has 0 spiro atoms. The molecule has 0 aliphatic rings. The van der Waals surface area contributed by atoms with Crippen molar-refractivity contribution in [2.24, 2.45) is 0 Å². The molecule has 1 N–H and O–H groups in total. The first kappa shape index (κ1) is 9.25. The number of thioether (sulfide) groups is 1. The summed E-state index contributed by atoms with van der Waals surface area (Å²) >= 11 is 1.73. The van der Waals surface area contributed by atoms with Gasteiger partial charge in [0, 0.05) is 18.5 Å². The van der Waals surface area contributed by atoms with E-state index in [1.165, 1.54) is 6.20 Å². The Bertz CT molecular complexity index is 244. The highest BCUT2D eigenvalue weighted by Crippen LogP contribution is 2.00. The Morgan fingerprint density at radius 2 is 2.50 bits per heavy atom. The van der Waals surface area contributed by atoms with Crippen molar-refractivity contribution in [3.8, 4) is 0 Å². The molecule has 0 aliphatic heterocycles. The van der Waals surface area contributed by atoms with Crippen LogP contribution in [0.5, 0.6) is 0 Å². The van der Waals surface area contributed by atoms with Gasteiger partial charge in [-0.25, -0.2) is 4.98 Å². The summed E-state index contributed by atoms with van der Waals surface area (Å²) in [7, 11) is 0. The monoisotopic (exact) mass is 187 g/mol. The molecule has 0 fully saturated rings. The van der Waals surface area contributed by atoms with E-state index in [-0.39, 0.29) is 0 Å². The molecular formula is C7H10FN3S. The van der Waals surface area contributed by atoms with E-state index in [1.807, 2.05) is 6.26 Å². The molecule has 0 radical (unpaired) electrons. The molecule has 1 rings (SSSR count). The maximum Gasteiger partial charge on any atom is 0.310 e. The fourth-order valence-corrected chi connectivity index (χ4v) is 1.02. The second kappa shape index (κ2) is 4.92. The van der Waals surface area contributed by atoms with Crippen LogP contribution in [0.1, 0.15) is 0 Å². The van der Waals surface area contributed by atoms with Gasteiger partial charge < -0.3 is 5.32 Å². The van der Waals surface area contributed by atoms with Crippen LogP contribution in [0.25, 0.3) is 0 Å². The number of anilines is 1. The van der Waals surface area contributed by atoms with Crippen LogP contribution in [0, 0.1) is 6.08 Å². The molecule has 5 heteroatoms. The average Bonchev–Trinajstić information content (AvgIpc) is 2.05. The molecule has 0 saturated carbocycles. The van der Waals surface area contributed by atoms with E-state index in [0.717, 1.165) is 12.3 Å². The number of hydrogen-bond acceptors (Lipinski definition) is 4. The van der Waals surface area contributed by atoms with Crippen molar-refractivity contribution in [1.82, 2.24) is 9.97 Å². The van der Waals surface area contributed by atoms with Crippen molar-refractivity contribution in [1.29, 1.82) is 0 Å². The summed E-state index contributed by atoms with van der Waals surface area (Å²) in [5.41, 5.74) is 0. The Labute approximate surface area is 74.8 Å². The number of nitrogens with zero attached hydrogens (tertiary/aromatic N) is 2. The highest BCUT2D eigenvalue weighted by molar-refractivity contribution is 7.98. The zero-order valence-electron chi connectivity index (χ0n) is 6.75. The molecular weight excluding hydrogens is 177 g/mol. The number of hydrogen-bond donors (Lipinski definition) is 1. The van der Waals surface area contributed by atoms with Crippen LogP contribution in [0.3, 0.4) is 0 Å².